The number of hydrogen-bond donors (Lipinski definition) is 3. The second-order valence-corrected chi connectivity index (χ2v) is 11.2. The molecular weight excluding hydrogens is 535 g/mol. The molecule has 0 aromatic heterocycles. The molecule has 2 aliphatic rings. The number of nitrogens with one attached hydrogen (secondary N) is 1. The topological polar surface area (TPSA) is 152 Å². The number of amides is 1. The summed E-state index contributed by atoms with van der Waals surface area (Å²) in [6, 6.07) is 9.89. The fraction of sp³-hybridized carbons (Fsp3) is 0.385. The molecule has 39 heavy (non-hydrogen) atoms. The normalized spacial score (nSPS) is 20.5. The van der Waals surface area contributed by atoms with Gasteiger partial charge < -0.3 is 19.3 Å². The standard InChI is InChI=1S/C26H29FN2O9S/c1-16-13-18(27)6-5-17(16)14-36-19-7-9-20(10-8-19)39(34,35)29(12-11-24(30)31)23-15-37-26(38-23)22-4-2-3-21(22)25(32)28-33/h5-10,13,15,21-22,26,33H,2-4,11-12,14H2,1H3,(H,28,32)(H,30,31). The van der Waals surface area contributed by atoms with Crippen molar-refractivity contribution in [2.75, 3.05) is 6.54 Å². The summed E-state index contributed by atoms with van der Waals surface area (Å²) in [7, 11) is -4.28. The smallest absolute Gasteiger partial charge is 0.305 e. The van der Waals surface area contributed by atoms with Gasteiger partial charge in [0.05, 0.1) is 17.2 Å². The molecule has 2 aromatic rings. The third-order valence-corrected chi connectivity index (χ3v) is 8.60. The minimum atomic E-state index is -4.28. The maximum Gasteiger partial charge on any atom is 0.305 e. The second-order valence-electron chi connectivity index (χ2n) is 9.31. The summed E-state index contributed by atoms with van der Waals surface area (Å²) in [6.45, 7) is 1.48. The zero-order chi connectivity index (χ0) is 28.2. The van der Waals surface area contributed by atoms with E-state index in [-0.39, 0.29) is 23.2 Å². The molecule has 1 heterocycles. The van der Waals surface area contributed by atoms with Crippen LogP contribution in [0.25, 0.3) is 0 Å². The van der Waals surface area contributed by atoms with Gasteiger partial charge in [-0.2, -0.15) is 0 Å². The van der Waals surface area contributed by atoms with Gasteiger partial charge in [-0.1, -0.05) is 12.5 Å². The van der Waals surface area contributed by atoms with Gasteiger partial charge in [0.2, 0.25) is 18.1 Å². The summed E-state index contributed by atoms with van der Waals surface area (Å²) in [5.74, 6) is -2.98. The Bertz CT molecular complexity index is 1350. The maximum atomic E-state index is 13.5. The average Bonchev–Trinajstić information content (AvgIpc) is 3.58. The summed E-state index contributed by atoms with van der Waals surface area (Å²) in [4.78, 5) is 23.1. The lowest BCUT2D eigenvalue weighted by atomic mass is 9.95. The van der Waals surface area contributed by atoms with Crippen molar-refractivity contribution in [3.63, 3.8) is 0 Å². The Labute approximate surface area is 224 Å². The predicted octanol–water partition coefficient (Wildman–Crippen LogP) is 3.27. The lowest BCUT2D eigenvalue weighted by Crippen LogP contribution is -2.37. The Hall–Kier alpha value is -3.84. The van der Waals surface area contributed by atoms with Crippen molar-refractivity contribution in [1.82, 2.24) is 9.79 Å². The number of hydroxylamine groups is 1. The van der Waals surface area contributed by atoms with Gasteiger partial charge in [0.1, 0.15) is 24.4 Å². The summed E-state index contributed by atoms with van der Waals surface area (Å²) in [6.07, 6.45) is 1.38. The molecule has 2 aromatic carbocycles. The summed E-state index contributed by atoms with van der Waals surface area (Å²) in [5, 5.41) is 18.2. The van der Waals surface area contributed by atoms with Gasteiger partial charge in [-0.15, -0.1) is 0 Å². The van der Waals surface area contributed by atoms with Gasteiger partial charge in [-0.25, -0.2) is 22.6 Å². The first-order chi connectivity index (χ1) is 18.6. The number of hydrogen-bond acceptors (Lipinski definition) is 8. The van der Waals surface area contributed by atoms with E-state index >= 15 is 0 Å². The van der Waals surface area contributed by atoms with E-state index in [1.54, 1.807) is 18.5 Å². The third-order valence-electron chi connectivity index (χ3n) is 6.79. The molecule has 0 bridgehead atoms. The molecule has 210 valence electrons. The third kappa shape index (κ3) is 6.42. The molecule has 3 atom stereocenters. The van der Waals surface area contributed by atoms with E-state index in [1.807, 2.05) is 0 Å². The Morgan fingerprint density at radius 1 is 1.18 bits per heavy atom. The minimum absolute atomic E-state index is 0.135. The van der Waals surface area contributed by atoms with E-state index in [4.69, 9.17) is 19.4 Å². The number of carbonyl (C=O) groups excluding carboxylic acids is 1. The summed E-state index contributed by atoms with van der Waals surface area (Å²) in [5.41, 5.74) is 3.13. The van der Waals surface area contributed by atoms with Crippen molar-refractivity contribution in [2.45, 2.75) is 50.4 Å². The zero-order valence-electron chi connectivity index (χ0n) is 21.1. The van der Waals surface area contributed by atoms with E-state index in [0.29, 0.717) is 25.0 Å². The highest BCUT2D eigenvalue weighted by atomic mass is 32.2. The fourth-order valence-corrected chi connectivity index (χ4v) is 6.08. The van der Waals surface area contributed by atoms with Crippen molar-refractivity contribution in [1.29, 1.82) is 0 Å². The van der Waals surface area contributed by atoms with E-state index in [0.717, 1.165) is 21.7 Å². The van der Waals surface area contributed by atoms with Crippen LogP contribution in [0, 0.1) is 24.6 Å². The number of carboxylic acids is 1. The maximum absolute atomic E-state index is 13.5. The van der Waals surface area contributed by atoms with Crippen molar-refractivity contribution < 1.29 is 46.9 Å². The van der Waals surface area contributed by atoms with Gasteiger partial charge in [0.15, 0.2) is 0 Å². The molecule has 4 rings (SSSR count). The van der Waals surface area contributed by atoms with Crippen LogP contribution in [0.15, 0.2) is 59.5 Å². The van der Waals surface area contributed by atoms with Crippen molar-refractivity contribution in [3.05, 3.63) is 71.6 Å². The van der Waals surface area contributed by atoms with E-state index < -0.39 is 53.0 Å². The Morgan fingerprint density at radius 3 is 2.59 bits per heavy atom. The average molecular weight is 565 g/mol. The predicted molar refractivity (Wildman–Crippen MR) is 133 cm³/mol. The lowest BCUT2D eigenvalue weighted by molar-refractivity contribution is -0.143. The number of carbonyl (C=O) groups is 2. The second kappa shape index (κ2) is 11.9. The molecule has 0 radical (unpaired) electrons. The highest BCUT2D eigenvalue weighted by Gasteiger charge is 2.44. The van der Waals surface area contributed by atoms with Crippen molar-refractivity contribution in [2.24, 2.45) is 11.8 Å². The highest BCUT2D eigenvalue weighted by molar-refractivity contribution is 7.89. The minimum Gasteiger partial charge on any atom is -0.489 e. The van der Waals surface area contributed by atoms with Crippen molar-refractivity contribution in [3.8, 4) is 5.75 Å². The van der Waals surface area contributed by atoms with Gasteiger partial charge in [0, 0.05) is 12.5 Å². The van der Waals surface area contributed by atoms with Crippen LogP contribution in [0.1, 0.15) is 36.8 Å². The monoisotopic (exact) mass is 564 g/mol. The molecule has 1 aliphatic heterocycles. The van der Waals surface area contributed by atoms with E-state index in [1.165, 1.54) is 36.4 Å². The van der Waals surface area contributed by atoms with Crippen LogP contribution in [-0.2, 0) is 35.7 Å². The molecule has 11 nitrogen and oxygen atoms in total. The van der Waals surface area contributed by atoms with E-state index in [9.17, 15) is 27.5 Å². The number of nitrogens with zero attached hydrogens (tertiary/aromatic N) is 1. The van der Waals surface area contributed by atoms with Crippen LogP contribution >= 0.6 is 0 Å². The molecule has 1 aliphatic carbocycles. The number of ether oxygens (including phenoxy) is 3. The Kier molecular flexibility index (Phi) is 8.60. The molecule has 1 saturated carbocycles. The SMILES string of the molecule is Cc1cc(F)ccc1COc1ccc(S(=O)(=O)N(CCC(=O)O)C2=COC(C3CCCC3C(=O)NO)O2)cc1. The van der Waals surface area contributed by atoms with Crippen LogP contribution in [0.4, 0.5) is 4.39 Å². The number of aliphatic carboxylic acids is 1. The number of halogens is 1. The van der Waals surface area contributed by atoms with Crippen LogP contribution in [0.2, 0.25) is 0 Å². The summed E-state index contributed by atoms with van der Waals surface area (Å²) >= 11 is 0. The Morgan fingerprint density at radius 2 is 1.92 bits per heavy atom. The molecule has 3 unspecified atom stereocenters. The molecular formula is C26H29FN2O9S. The quantitative estimate of drug-likeness (QED) is 0.276. The fourth-order valence-electron chi connectivity index (χ4n) is 4.69. The van der Waals surface area contributed by atoms with Crippen LogP contribution in [0.5, 0.6) is 5.75 Å². The van der Waals surface area contributed by atoms with Gasteiger partial charge in [0.25, 0.3) is 10.0 Å². The van der Waals surface area contributed by atoms with Crippen LogP contribution in [-0.4, -0.2) is 47.7 Å². The number of benzene rings is 2. The zero-order valence-corrected chi connectivity index (χ0v) is 21.9. The van der Waals surface area contributed by atoms with Crippen LogP contribution < -0.4 is 10.2 Å². The first kappa shape index (κ1) is 28.2. The number of rotatable bonds is 11. The first-order valence-corrected chi connectivity index (χ1v) is 13.7. The van der Waals surface area contributed by atoms with Crippen LogP contribution in [0.3, 0.4) is 0 Å². The van der Waals surface area contributed by atoms with Crippen molar-refractivity contribution >= 4 is 21.9 Å². The van der Waals surface area contributed by atoms with E-state index in [2.05, 4.69) is 0 Å². The first-order valence-electron chi connectivity index (χ1n) is 12.3. The molecule has 0 spiro atoms. The molecule has 1 fully saturated rings. The molecule has 0 saturated heterocycles. The number of carboxylic acid groups (broad SMARTS) is 1. The Balaban J connectivity index is 1.48. The van der Waals surface area contributed by atoms with Gasteiger partial charge in [-0.3, -0.25) is 14.8 Å². The van der Waals surface area contributed by atoms with Gasteiger partial charge in [-0.05, 0) is 67.3 Å². The molecule has 1 amide bonds. The van der Waals surface area contributed by atoms with Gasteiger partial charge >= 0.3 is 5.97 Å². The number of aryl methyl sites for hydroxylation is 1. The molecule has 3 N–H and O–H groups in total. The number of sulfonamides is 1. The highest BCUT2D eigenvalue weighted by Crippen LogP contribution is 2.39. The largest absolute Gasteiger partial charge is 0.489 e. The lowest BCUT2D eigenvalue weighted by Gasteiger charge is -2.27. The molecule has 13 heteroatoms. The summed E-state index contributed by atoms with van der Waals surface area (Å²) < 4.78 is 58.3.